The summed E-state index contributed by atoms with van der Waals surface area (Å²) in [4.78, 5) is 14.1. The van der Waals surface area contributed by atoms with Crippen molar-refractivity contribution < 1.29 is 14.3 Å². The van der Waals surface area contributed by atoms with E-state index in [0.29, 0.717) is 12.4 Å². The van der Waals surface area contributed by atoms with Crippen LogP contribution in [0.3, 0.4) is 0 Å². The van der Waals surface area contributed by atoms with Crippen molar-refractivity contribution in [3.05, 3.63) is 29.8 Å². The van der Waals surface area contributed by atoms with E-state index in [2.05, 4.69) is 13.0 Å². The Bertz CT molecular complexity index is 495. The summed E-state index contributed by atoms with van der Waals surface area (Å²) in [5.41, 5.74) is 1.14. The van der Waals surface area contributed by atoms with Gasteiger partial charge in [-0.2, -0.15) is 0 Å². The van der Waals surface area contributed by atoms with Gasteiger partial charge in [0.15, 0.2) is 0 Å². The molecule has 0 saturated carbocycles. The number of thioether (sulfide) groups is 1. The molecule has 1 heterocycles. The zero-order chi connectivity index (χ0) is 16.5. The van der Waals surface area contributed by atoms with E-state index in [9.17, 15) is 4.79 Å². The average molecular weight is 337 g/mol. The second-order valence-electron chi connectivity index (χ2n) is 5.58. The molecule has 1 aliphatic rings. The summed E-state index contributed by atoms with van der Waals surface area (Å²) in [7, 11) is 0. The molecule has 4 nitrogen and oxygen atoms in total. The highest BCUT2D eigenvalue weighted by molar-refractivity contribution is 8.00. The number of carbonyl (C=O) groups is 1. The van der Waals surface area contributed by atoms with Crippen LogP contribution in [0.2, 0.25) is 0 Å². The van der Waals surface area contributed by atoms with Gasteiger partial charge in [-0.05, 0) is 37.5 Å². The number of carbonyl (C=O) groups excluding carboxylic acids is 1. The monoisotopic (exact) mass is 337 g/mol. The maximum Gasteiger partial charge on any atom is 0.233 e. The number of hydrogen-bond acceptors (Lipinski definition) is 4. The maximum atomic E-state index is 12.2. The zero-order valence-corrected chi connectivity index (χ0v) is 14.9. The Kier molecular flexibility index (Phi) is 7.76. The Balaban J connectivity index is 1.90. The molecule has 1 amide bonds. The van der Waals surface area contributed by atoms with Crippen molar-refractivity contribution >= 4 is 17.7 Å². The third kappa shape index (κ3) is 5.43. The van der Waals surface area contributed by atoms with Crippen LogP contribution in [0.5, 0.6) is 5.75 Å². The van der Waals surface area contributed by atoms with Crippen LogP contribution >= 0.6 is 11.8 Å². The molecule has 2 rings (SSSR count). The summed E-state index contributed by atoms with van der Waals surface area (Å²) >= 11 is 1.69. The van der Waals surface area contributed by atoms with Crippen molar-refractivity contribution in [1.29, 1.82) is 0 Å². The van der Waals surface area contributed by atoms with Gasteiger partial charge in [-0.25, -0.2) is 0 Å². The van der Waals surface area contributed by atoms with Crippen LogP contribution < -0.4 is 4.74 Å². The van der Waals surface area contributed by atoms with E-state index >= 15 is 0 Å². The Labute approximate surface area is 143 Å². The minimum absolute atomic E-state index is 0.0959. The van der Waals surface area contributed by atoms with E-state index in [1.165, 1.54) is 0 Å². The molecule has 1 saturated heterocycles. The molecule has 1 aromatic rings. The van der Waals surface area contributed by atoms with Gasteiger partial charge in [0.25, 0.3) is 0 Å². The standard InChI is InChI=1S/C18H27NO3S/c1-3-5-11-21-12-7-10-19-17(20)14-23-18(19)15-8-6-9-16(13-15)22-4-2/h6,8-9,13,18H,3-5,7,10-12,14H2,1-2H3. The van der Waals surface area contributed by atoms with Crippen LogP contribution in [0, 0.1) is 0 Å². The van der Waals surface area contributed by atoms with Crippen molar-refractivity contribution in [2.45, 2.75) is 38.5 Å². The van der Waals surface area contributed by atoms with E-state index < -0.39 is 0 Å². The number of unbranched alkanes of at least 4 members (excludes halogenated alkanes) is 1. The van der Waals surface area contributed by atoms with Crippen LogP contribution in [0.15, 0.2) is 24.3 Å². The van der Waals surface area contributed by atoms with Gasteiger partial charge in [0.2, 0.25) is 5.91 Å². The first-order valence-corrected chi connectivity index (χ1v) is 9.52. The van der Waals surface area contributed by atoms with Crippen LogP contribution in [-0.2, 0) is 9.53 Å². The number of benzene rings is 1. The van der Waals surface area contributed by atoms with Gasteiger partial charge in [0.05, 0.1) is 12.4 Å². The summed E-state index contributed by atoms with van der Waals surface area (Å²) in [6, 6.07) is 8.07. The van der Waals surface area contributed by atoms with Gasteiger partial charge in [-0.3, -0.25) is 4.79 Å². The highest BCUT2D eigenvalue weighted by Crippen LogP contribution is 2.39. The quantitative estimate of drug-likeness (QED) is 0.608. The molecule has 1 atom stereocenters. The number of nitrogens with zero attached hydrogens (tertiary/aromatic N) is 1. The molecule has 23 heavy (non-hydrogen) atoms. The second kappa shape index (κ2) is 9.83. The fourth-order valence-corrected chi connectivity index (χ4v) is 3.79. The Morgan fingerprint density at radius 2 is 2.09 bits per heavy atom. The SMILES string of the molecule is CCCCOCCCN1C(=O)CSC1c1cccc(OCC)c1. The number of amides is 1. The first kappa shape index (κ1) is 18.1. The molecular weight excluding hydrogens is 310 g/mol. The smallest absolute Gasteiger partial charge is 0.233 e. The minimum atomic E-state index is 0.0959. The molecule has 0 aromatic heterocycles. The van der Waals surface area contributed by atoms with Crippen LogP contribution in [0.25, 0.3) is 0 Å². The molecule has 0 radical (unpaired) electrons. The lowest BCUT2D eigenvalue weighted by Crippen LogP contribution is -2.30. The predicted molar refractivity (Wildman–Crippen MR) is 94.9 cm³/mol. The summed E-state index contributed by atoms with van der Waals surface area (Å²) < 4.78 is 11.2. The fourth-order valence-electron chi connectivity index (χ4n) is 2.58. The number of rotatable bonds is 10. The van der Waals surface area contributed by atoms with Crippen molar-refractivity contribution in [3.8, 4) is 5.75 Å². The van der Waals surface area contributed by atoms with E-state index in [-0.39, 0.29) is 11.3 Å². The number of ether oxygens (including phenoxy) is 2. The normalized spacial score (nSPS) is 17.7. The minimum Gasteiger partial charge on any atom is -0.494 e. The van der Waals surface area contributed by atoms with Crippen molar-refractivity contribution in [1.82, 2.24) is 4.90 Å². The van der Waals surface area contributed by atoms with E-state index in [0.717, 1.165) is 50.3 Å². The molecule has 0 aliphatic carbocycles. The lowest BCUT2D eigenvalue weighted by atomic mass is 10.2. The Morgan fingerprint density at radius 3 is 2.87 bits per heavy atom. The van der Waals surface area contributed by atoms with Gasteiger partial charge < -0.3 is 14.4 Å². The Hall–Kier alpha value is -1.20. The average Bonchev–Trinajstić information content (AvgIpc) is 2.92. The fraction of sp³-hybridized carbons (Fsp3) is 0.611. The summed E-state index contributed by atoms with van der Waals surface area (Å²) in [6.07, 6.45) is 3.14. The van der Waals surface area contributed by atoms with E-state index in [4.69, 9.17) is 9.47 Å². The topological polar surface area (TPSA) is 38.8 Å². The van der Waals surface area contributed by atoms with E-state index in [1.54, 1.807) is 11.8 Å². The lowest BCUT2D eigenvalue weighted by molar-refractivity contribution is -0.128. The third-order valence-electron chi connectivity index (χ3n) is 3.75. The van der Waals surface area contributed by atoms with Gasteiger partial charge in [0, 0.05) is 19.8 Å². The molecule has 0 spiro atoms. The van der Waals surface area contributed by atoms with Crippen LogP contribution in [0.1, 0.15) is 44.0 Å². The Morgan fingerprint density at radius 1 is 1.26 bits per heavy atom. The molecule has 0 N–H and O–H groups in total. The largest absolute Gasteiger partial charge is 0.494 e. The predicted octanol–water partition coefficient (Wildman–Crippen LogP) is 3.87. The van der Waals surface area contributed by atoms with Gasteiger partial charge in [-0.1, -0.05) is 25.5 Å². The molecule has 1 fully saturated rings. The molecule has 0 bridgehead atoms. The molecule has 1 aliphatic heterocycles. The van der Waals surface area contributed by atoms with Gasteiger partial charge in [0.1, 0.15) is 11.1 Å². The molecular formula is C18H27NO3S. The van der Waals surface area contributed by atoms with Crippen molar-refractivity contribution in [2.75, 3.05) is 32.1 Å². The van der Waals surface area contributed by atoms with Crippen molar-refractivity contribution in [3.63, 3.8) is 0 Å². The highest BCUT2D eigenvalue weighted by atomic mass is 32.2. The number of hydrogen-bond donors (Lipinski definition) is 0. The highest BCUT2D eigenvalue weighted by Gasteiger charge is 2.32. The lowest BCUT2D eigenvalue weighted by Gasteiger charge is -2.24. The van der Waals surface area contributed by atoms with Crippen LogP contribution in [0.4, 0.5) is 0 Å². The first-order chi connectivity index (χ1) is 11.3. The molecule has 128 valence electrons. The summed E-state index contributed by atoms with van der Waals surface area (Å²) in [5.74, 6) is 1.64. The zero-order valence-electron chi connectivity index (χ0n) is 14.1. The maximum absolute atomic E-state index is 12.2. The molecule has 5 heteroatoms. The summed E-state index contributed by atoms with van der Waals surface area (Å²) in [5, 5.41) is 0.0959. The van der Waals surface area contributed by atoms with Crippen molar-refractivity contribution in [2.24, 2.45) is 0 Å². The molecule has 1 aromatic carbocycles. The third-order valence-corrected chi connectivity index (χ3v) is 5.01. The molecule has 1 unspecified atom stereocenters. The first-order valence-electron chi connectivity index (χ1n) is 8.47. The van der Waals surface area contributed by atoms with Gasteiger partial charge >= 0.3 is 0 Å². The van der Waals surface area contributed by atoms with Crippen LogP contribution in [-0.4, -0.2) is 42.9 Å². The van der Waals surface area contributed by atoms with E-state index in [1.807, 2.05) is 30.0 Å². The van der Waals surface area contributed by atoms with Gasteiger partial charge in [-0.15, -0.1) is 11.8 Å². The summed E-state index contributed by atoms with van der Waals surface area (Å²) in [6.45, 7) is 7.08. The second-order valence-corrected chi connectivity index (χ2v) is 6.64.